The van der Waals surface area contributed by atoms with E-state index >= 15 is 0 Å². The number of aromatic carboxylic acids is 1. The molecule has 6 heteroatoms. The Labute approximate surface area is 93.3 Å². The molecular formula is C10H14N4O2. The quantitative estimate of drug-likeness (QED) is 0.794. The van der Waals surface area contributed by atoms with E-state index in [1.54, 1.807) is 0 Å². The number of carboxylic acids is 1. The molecule has 0 saturated carbocycles. The Kier molecular flexibility index (Phi) is 3.31. The maximum atomic E-state index is 10.7. The maximum absolute atomic E-state index is 10.7. The molecule has 1 aliphatic rings. The van der Waals surface area contributed by atoms with Crippen LogP contribution in [0.25, 0.3) is 0 Å². The van der Waals surface area contributed by atoms with E-state index in [0.717, 1.165) is 25.9 Å². The smallest absolute Gasteiger partial charge is 0.354 e. The van der Waals surface area contributed by atoms with Crippen LogP contribution in [0.5, 0.6) is 0 Å². The summed E-state index contributed by atoms with van der Waals surface area (Å²) in [6.45, 7) is 1.89. The SMILES string of the molecule is O=C(O)c1ccnc(NN2CCCCC2)n1. The molecule has 0 aliphatic carbocycles. The van der Waals surface area contributed by atoms with Crippen LogP contribution in [-0.2, 0) is 0 Å². The Hall–Kier alpha value is -1.69. The van der Waals surface area contributed by atoms with Crippen LogP contribution in [0.2, 0.25) is 0 Å². The zero-order valence-corrected chi connectivity index (χ0v) is 8.89. The fourth-order valence-corrected chi connectivity index (χ4v) is 1.68. The Balaban J connectivity index is 2.02. The molecule has 1 aliphatic heterocycles. The number of anilines is 1. The number of hydrazine groups is 1. The van der Waals surface area contributed by atoms with Gasteiger partial charge >= 0.3 is 5.97 Å². The summed E-state index contributed by atoms with van der Waals surface area (Å²) in [5.74, 6) is -0.689. The number of rotatable bonds is 3. The lowest BCUT2D eigenvalue weighted by molar-refractivity contribution is 0.0690. The number of hydrogen-bond donors (Lipinski definition) is 2. The van der Waals surface area contributed by atoms with Gasteiger partial charge in [-0.3, -0.25) is 5.43 Å². The molecule has 2 N–H and O–H groups in total. The lowest BCUT2D eigenvalue weighted by Gasteiger charge is -2.26. The summed E-state index contributed by atoms with van der Waals surface area (Å²) < 4.78 is 0. The number of piperidine rings is 1. The molecule has 0 spiro atoms. The Morgan fingerprint density at radius 2 is 2.12 bits per heavy atom. The number of hydrogen-bond acceptors (Lipinski definition) is 5. The first-order valence-electron chi connectivity index (χ1n) is 5.33. The van der Waals surface area contributed by atoms with Gasteiger partial charge in [0.2, 0.25) is 5.95 Å². The van der Waals surface area contributed by atoms with E-state index in [-0.39, 0.29) is 5.69 Å². The van der Waals surface area contributed by atoms with E-state index in [1.165, 1.54) is 18.7 Å². The van der Waals surface area contributed by atoms with Crippen LogP contribution in [0.3, 0.4) is 0 Å². The van der Waals surface area contributed by atoms with Crippen LogP contribution in [0.15, 0.2) is 12.3 Å². The van der Waals surface area contributed by atoms with Gasteiger partial charge in [-0.1, -0.05) is 6.42 Å². The van der Waals surface area contributed by atoms with Gasteiger partial charge in [-0.05, 0) is 18.9 Å². The summed E-state index contributed by atoms with van der Waals surface area (Å²) in [6.07, 6.45) is 4.98. The topological polar surface area (TPSA) is 78.3 Å². The van der Waals surface area contributed by atoms with Gasteiger partial charge < -0.3 is 5.11 Å². The molecule has 86 valence electrons. The molecule has 1 aromatic heterocycles. The van der Waals surface area contributed by atoms with E-state index in [0.29, 0.717) is 5.95 Å². The second-order valence-electron chi connectivity index (χ2n) is 3.73. The van der Waals surface area contributed by atoms with E-state index in [9.17, 15) is 4.79 Å². The van der Waals surface area contributed by atoms with Gasteiger partial charge in [0.05, 0.1) is 0 Å². The van der Waals surface area contributed by atoms with Gasteiger partial charge in [0.15, 0.2) is 5.69 Å². The lowest BCUT2D eigenvalue weighted by atomic mass is 10.2. The molecule has 1 aromatic rings. The van der Waals surface area contributed by atoms with Crippen molar-refractivity contribution in [1.82, 2.24) is 15.0 Å². The second-order valence-corrected chi connectivity index (χ2v) is 3.73. The van der Waals surface area contributed by atoms with E-state index in [2.05, 4.69) is 15.4 Å². The van der Waals surface area contributed by atoms with Gasteiger partial charge in [0.1, 0.15) is 0 Å². The predicted octanol–water partition coefficient (Wildman–Crippen LogP) is 0.988. The first-order valence-corrected chi connectivity index (χ1v) is 5.33. The normalized spacial score (nSPS) is 17.0. The molecule has 16 heavy (non-hydrogen) atoms. The average molecular weight is 222 g/mol. The van der Waals surface area contributed by atoms with Gasteiger partial charge in [0.25, 0.3) is 0 Å². The van der Waals surface area contributed by atoms with Crippen molar-refractivity contribution in [3.8, 4) is 0 Å². The van der Waals surface area contributed by atoms with Crippen LogP contribution >= 0.6 is 0 Å². The molecule has 1 saturated heterocycles. The minimum atomic E-state index is -1.04. The molecule has 0 amide bonds. The van der Waals surface area contributed by atoms with Gasteiger partial charge in [0, 0.05) is 19.3 Å². The van der Waals surface area contributed by atoms with E-state index < -0.39 is 5.97 Å². The van der Waals surface area contributed by atoms with Crippen LogP contribution in [-0.4, -0.2) is 39.1 Å². The fraction of sp³-hybridized carbons (Fsp3) is 0.500. The molecule has 0 bridgehead atoms. The molecule has 2 heterocycles. The highest BCUT2D eigenvalue weighted by atomic mass is 16.4. The predicted molar refractivity (Wildman–Crippen MR) is 58.0 cm³/mol. The Morgan fingerprint density at radius 3 is 2.81 bits per heavy atom. The average Bonchev–Trinajstić information content (AvgIpc) is 2.30. The first-order chi connectivity index (χ1) is 7.75. The molecule has 2 rings (SSSR count). The zero-order chi connectivity index (χ0) is 11.4. The largest absolute Gasteiger partial charge is 0.477 e. The number of nitrogens with zero attached hydrogens (tertiary/aromatic N) is 3. The van der Waals surface area contributed by atoms with Crippen LogP contribution in [0.4, 0.5) is 5.95 Å². The van der Waals surface area contributed by atoms with Crippen LogP contribution < -0.4 is 5.43 Å². The van der Waals surface area contributed by atoms with Crippen molar-refractivity contribution in [2.45, 2.75) is 19.3 Å². The standard InChI is InChI=1S/C10H14N4O2/c15-9(16)8-4-5-11-10(12-8)13-14-6-2-1-3-7-14/h4-5H,1-3,6-7H2,(H,15,16)(H,11,12,13). The fourth-order valence-electron chi connectivity index (χ4n) is 1.68. The number of nitrogens with one attached hydrogen (secondary N) is 1. The first kappa shape index (κ1) is 10.8. The highest BCUT2D eigenvalue weighted by Crippen LogP contribution is 2.09. The molecule has 0 radical (unpaired) electrons. The van der Waals surface area contributed by atoms with Crippen LogP contribution in [0.1, 0.15) is 29.8 Å². The van der Waals surface area contributed by atoms with E-state index in [4.69, 9.17) is 5.11 Å². The lowest BCUT2D eigenvalue weighted by Crippen LogP contribution is -2.35. The monoisotopic (exact) mass is 222 g/mol. The number of aromatic nitrogens is 2. The van der Waals surface area contributed by atoms with Crippen molar-refractivity contribution in [3.05, 3.63) is 18.0 Å². The highest BCUT2D eigenvalue weighted by molar-refractivity contribution is 5.85. The van der Waals surface area contributed by atoms with Crippen molar-refractivity contribution < 1.29 is 9.90 Å². The summed E-state index contributed by atoms with van der Waals surface area (Å²) in [4.78, 5) is 18.6. The second kappa shape index (κ2) is 4.89. The van der Waals surface area contributed by atoms with Crippen LogP contribution in [0, 0.1) is 0 Å². The zero-order valence-electron chi connectivity index (χ0n) is 8.89. The molecular weight excluding hydrogens is 208 g/mol. The Bertz CT molecular complexity index is 377. The van der Waals surface area contributed by atoms with Gasteiger partial charge in [-0.2, -0.15) is 0 Å². The molecule has 0 unspecified atom stereocenters. The summed E-state index contributed by atoms with van der Waals surface area (Å²) >= 11 is 0. The van der Waals surface area contributed by atoms with Crippen molar-refractivity contribution in [3.63, 3.8) is 0 Å². The third-order valence-electron chi connectivity index (χ3n) is 2.49. The molecule has 6 nitrogen and oxygen atoms in total. The number of carbonyl (C=O) groups is 1. The molecule has 1 fully saturated rings. The van der Waals surface area contributed by atoms with Crippen molar-refractivity contribution in [1.29, 1.82) is 0 Å². The third kappa shape index (κ3) is 2.66. The number of carboxylic acid groups (broad SMARTS) is 1. The summed E-state index contributed by atoms with van der Waals surface area (Å²) in [5, 5.41) is 10.8. The molecule has 0 atom stereocenters. The highest BCUT2D eigenvalue weighted by Gasteiger charge is 2.12. The molecule has 0 aromatic carbocycles. The summed E-state index contributed by atoms with van der Waals surface area (Å²) in [5.41, 5.74) is 3.03. The van der Waals surface area contributed by atoms with Crippen molar-refractivity contribution in [2.24, 2.45) is 0 Å². The van der Waals surface area contributed by atoms with Crippen molar-refractivity contribution in [2.75, 3.05) is 18.5 Å². The maximum Gasteiger partial charge on any atom is 0.354 e. The van der Waals surface area contributed by atoms with Gasteiger partial charge in [-0.25, -0.2) is 19.8 Å². The summed E-state index contributed by atoms with van der Waals surface area (Å²) in [7, 11) is 0. The van der Waals surface area contributed by atoms with Crippen molar-refractivity contribution >= 4 is 11.9 Å². The third-order valence-corrected chi connectivity index (χ3v) is 2.49. The van der Waals surface area contributed by atoms with Gasteiger partial charge in [-0.15, -0.1) is 0 Å². The summed E-state index contributed by atoms with van der Waals surface area (Å²) in [6, 6.07) is 1.38. The Morgan fingerprint density at radius 1 is 1.38 bits per heavy atom. The minimum absolute atomic E-state index is 0.00881. The van der Waals surface area contributed by atoms with E-state index in [1.807, 2.05) is 5.01 Å². The minimum Gasteiger partial charge on any atom is -0.477 e.